The average Bonchev–Trinajstić information content (AvgIpc) is 2.60. The summed E-state index contributed by atoms with van der Waals surface area (Å²) in [6, 6.07) is 19.9. The highest BCUT2D eigenvalue weighted by Crippen LogP contribution is 2.25. The summed E-state index contributed by atoms with van der Waals surface area (Å²) in [6.45, 7) is 0. The van der Waals surface area contributed by atoms with Gasteiger partial charge in [0.15, 0.2) is 5.78 Å². The Bertz CT molecular complexity index is 851. The molecule has 3 heteroatoms. The van der Waals surface area contributed by atoms with Crippen LogP contribution in [0.5, 0.6) is 0 Å². The lowest BCUT2D eigenvalue weighted by Gasteiger charge is -2.11. The zero-order valence-corrected chi connectivity index (χ0v) is 12.1. The molecule has 0 heterocycles. The summed E-state index contributed by atoms with van der Waals surface area (Å²) in [4.78, 5) is 24.9. The fraction of sp³-hybridized carbons (Fsp3) is 0.0526. The first-order valence-corrected chi connectivity index (χ1v) is 6.92. The highest BCUT2D eigenvalue weighted by Gasteiger charge is 2.21. The summed E-state index contributed by atoms with van der Waals surface area (Å²) in [5, 5.41) is 1.61. The van der Waals surface area contributed by atoms with Gasteiger partial charge < -0.3 is 4.74 Å². The van der Waals surface area contributed by atoms with Gasteiger partial charge in [-0.2, -0.15) is 0 Å². The SMILES string of the molecule is COC(=O)c1c(C(=O)c2ccccc2)ccc2ccccc12. The van der Waals surface area contributed by atoms with Gasteiger partial charge in [-0.3, -0.25) is 4.79 Å². The van der Waals surface area contributed by atoms with Crippen molar-refractivity contribution in [3.63, 3.8) is 0 Å². The van der Waals surface area contributed by atoms with E-state index in [4.69, 9.17) is 4.74 Å². The van der Waals surface area contributed by atoms with E-state index in [9.17, 15) is 9.59 Å². The van der Waals surface area contributed by atoms with Crippen LogP contribution in [-0.2, 0) is 4.74 Å². The molecule has 0 fully saturated rings. The lowest BCUT2D eigenvalue weighted by atomic mass is 9.93. The van der Waals surface area contributed by atoms with E-state index < -0.39 is 5.97 Å². The highest BCUT2D eigenvalue weighted by atomic mass is 16.5. The van der Waals surface area contributed by atoms with Crippen LogP contribution in [-0.4, -0.2) is 18.9 Å². The first-order valence-electron chi connectivity index (χ1n) is 6.92. The molecule has 0 unspecified atom stereocenters. The Hall–Kier alpha value is -2.94. The second-order valence-corrected chi connectivity index (χ2v) is 4.90. The number of rotatable bonds is 3. The molecule has 0 amide bonds. The van der Waals surface area contributed by atoms with Crippen LogP contribution >= 0.6 is 0 Å². The second-order valence-electron chi connectivity index (χ2n) is 4.90. The van der Waals surface area contributed by atoms with Crippen molar-refractivity contribution in [2.45, 2.75) is 0 Å². The predicted molar refractivity (Wildman–Crippen MR) is 85.2 cm³/mol. The van der Waals surface area contributed by atoms with Gasteiger partial charge in [-0.25, -0.2) is 4.79 Å². The Kier molecular flexibility index (Phi) is 3.71. The van der Waals surface area contributed by atoms with Gasteiger partial charge in [0.05, 0.1) is 12.7 Å². The van der Waals surface area contributed by atoms with Gasteiger partial charge >= 0.3 is 5.97 Å². The van der Waals surface area contributed by atoms with Crippen molar-refractivity contribution in [1.29, 1.82) is 0 Å². The molecule has 22 heavy (non-hydrogen) atoms. The maximum Gasteiger partial charge on any atom is 0.339 e. The van der Waals surface area contributed by atoms with Crippen LogP contribution in [0.2, 0.25) is 0 Å². The fourth-order valence-corrected chi connectivity index (χ4v) is 2.53. The number of ketones is 1. The highest BCUT2D eigenvalue weighted by molar-refractivity contribution is 6.19. The number of hydrogen-bond acceptors (Lipinski definition) is 3. The van der Waals surface area contributed by atoms with Gasteiger partial charge in [0.2, 0.25) is 0 Å². The Labute approximate surface area is 128 Å². The summed E-state index contributed by atoms with van der Waals surface area (Å²) >= 11 is 0. The van der Waals surface area contributed by atoms with E-state index in [-0.39, 0.29) is 5.78 Å². The van der Waals surface area contributed by atoms with Crippen molar-refractivity contribution in [1.82, 2.24) is 0 Å². The van der Waals surface area contributed by atoms with Crippen LogP contribution in [0.15, 0.2) is 66.7 Å². The number of carbonyl (C=O) groups is 2. The Balaban J connectivity index is 2.25. The molecule has 0 radical (unpaired) electrons. The quantitative estimate of drug-likeness (QED) is 0.543. The molecule has 0 aliphatic carbocycles. The van der Waals surface area contributed by atoms with Gasteiger partial charge in [0, 0.05) is 11.1 Å². The molecule has 3 rings (SSSR count). The van der Waals surface area contributed by atoms with Crippen LogP contribution in [0.4, 0.5) is 0 Å². The van der Waals surface area contributed by atoms with Gasteiger partial charge in [-0.1, -0.05) is 60.7 Å². The normalized spacial score (nSPS) is 10.4. The Morgan fingerprint density at radius 2 is 1.50 bits per heavy atom. The monoisotopic (exact) mass is 290 g/mol. The maximum absolute atomic E-state index is 12.7. The molecule has 0 aromatic heterocycles. The van der Waals surface area contributed by atoms with Crippen molar-refractivity contribution >= 4 is 22.5 Å². The molecule has 0 atom stereocenters. The third-order valence-electron chi connectivity index (χ3n) is 3.60. The molecule has 3 aromatic carbocycles. The number of carbonyl (C=O) groups excluding carboxylic acids is 2. The Morgan fingerprint density at radius 3 is 2.23 bits per heavy atom. The third-order valence-corrected chi connectivity index (χ3v) is 3.60. The number of benzene rings is 3. The molecule has 0 aliphatic heterocycles. The van der Waals surface area contributed by atoms with Crippen LogP contribution in [0, 0.1) is 0 Å². The predicted octanol–water partition coefficient (Wildman–Crippen LogP) is 3.86. The van der Waals surface area contributed by atoms with E-state index >= 15 is 0 Å². The van der Waals surface area contributed by atoms with Crippen molar-refractivity contribution in [2.75, 3.05) is 7.11 Å². The minimum absolute atomic E-state index is 0.188. The van der Waals surface area contributed by atoms with E-state index in [1.54, 1.807) is 30.3 Å². The van der Waals surface area contributed by atoms with Gasteiger partial charge in [-0.15, -0.1) is 0 Å². The van der Waals surface area contributed by atoms with E-state index in [1.165, 1.54) is 7.11 Å². The van der Waals surface area contributed by atoms with Gasteiger partial charge in [-0.05, 0) is 16.8 Å². The zero-order chi connectivity index (χ0) is 15.5. The summed E-state index contributed by atoms with van der Waals surface area (Å²) in [7, 11) is 1.32. The first kappa shape index (κ1) is 14.0. The van der Waals surface area contributed by atoms with E-state index in [2.05, 4.69) is 0 Å². The summed E-state index contributed by atoms with van der Waals surface area (Å²) in [5.41, 5.74) is 1.22. The number of fused-ring (bicyclic) bond motifs is 1. The average molecular weight is 290 g/mol. The van der Waals surface area contributed by atoms with E-state index in [1.807, 2.05) is 36.4 Å². The molecule has 3 aromatic rings. The molecular weight excluding hydrogens is 276 g/mol. The van der Waals surface area contributed by atoms with Gasteiger partial charge in [0.25, 0.3) is 0 Å². The summed E-state index contributed by atoms with van der Waals surface area (Å²) in [6.07, 6.45) is 0. The van der Waals surface area contributed by atoms with Crippen molar-refractivity contribution in [3.8, 4) is 0 Å². The molecule has 0 N–H and O–H groups in total. The number of hydrogen-bond donors (Lipinski definition) is 0. The topological polar surface area (TPSA) is 43.4 Å². The molecule has 0 spiro atoms. The largest absolute Gasteiger partial charge is 0.465 e. The lowest BCUT2D eigenvalue weighted by Crippen LogP contribution is -2.12. The molecule has 0 bridgehead atoms. The van der Waals surface area contributed by atoms with Crippen LogP contribution in [0.25, 0.3) is 10.8 Å². The van der Waals surface area contributed by atoms with Crippen LogP contribution < -0.4 is 0 Å². The number of methoxy groups -OCH3 is 1. The smallest absolute Gasteiger partial charge is 0.339 e. The maximum atomic E-state index is 12.7. The Morgan fingerprint density at radius 1 is 0.818 bits per heavy atom. The molecule has 3 nitrogen and oxygen atoms in total. The van der Waals surface area contributed by atoms with E-state index in [0.717, 1.165) is 10.8 Å². The fourth-order valence-electron chi connectivity index (χ4n) is 2.53. The first-order chi connectivity index (χ1) is 10.7. The zero-order valence-electron chi connectivity index (χ0n) is 12.1. The number of esters is 1. The van der Waals surface area contributed by atoms with Crippen molar-refractivity contribution in [2.24, 2.45) is 0 Å². The van der Waals surface area contributed by atoms with Crippen molar-refractivity contribution in [3.05, 3.63) is 83.4 Å². The standard InChI is InChI=1S/C19H14O3/c1-22-19(21)17-15-10-6-5-7-13(15)11-12-16(17)18(20)14-8-3-2-4-9-14/h2-12H,1H3. The summed E-state index contributed by atoms with van der Waals surface area (Å²) < 4.78 is 4.88. The minimum Gasteiger partial charge on any atom is -0.465 e. The minimum atomic E-state index is -0.504. The third kappa shape index (κ3) is 2.37. The van der Waals surface area contributed by atoms with Crippen molar-refractivity contribution < 1.29 is 14.3 Å². The molecule has 0 saturated carbocycles. The summed E-state index contributed by atoms with van der Waals surface area (Å²) in [5.74, 6) is -0.692. The molecular formula is C19H14O3. The second kappa shape index (κ2) is 5.82. The number of ether oxygens (including phenoxy) is 1. The van der Waals surface area contributed by atoms with Crippen LogP contribution in [0.1, 0.15) is 26.3 Å². The van der Waals surface area contributed by atoms with E-state index in [0.29, 0.717) is 16.7 Å². The van der Waals surface area contributed by atoms with Crippen LogP contribution in [0.3, 0.4) is 0 Å². The molecule has 108 valence electrons. The molecule has 0 aliphatic rings. The van der Waals surface area contributed by atoms with Gasteiger partial charge in [0.1, 0.15) is 0 Å². The molecule has 0 saturated heterocycles. The lowest BCUT2D eigenvalue weighted by molar-refractivity contribution is 0.0600.